The van der Waals surface area contributed by atoms with E-state index in [1.165, 1.54) is 11.3 Å². The van der Waals surface area contributed by atoms with Gasteiger partial charge in [0, 0.05) is 17.4 Å². The van der Waals surface area contributed by atoms with E-state index in [0.717, 1.165) is 20.8 Å². The minimum Gasteiger partial charge on any atom is -0.359 e. The Hall–Kier alpha value is -1.14. The van der Waals surface area contributed by atoms with Crippen LogP contribution in [0, 0.1) is 12.3 Å². The van der Waals surface area contributed by atoms with E-state index < -0.39 is 0 Å². The van der Waals surface area contributed by atoms with E-state index in [1.807, 2.05) is 13.0 Å². The summed E-state index contributed by atoms with van der Waals surface area (Å²) in [6, 6.07) is 3.62. The molecule has 0 aliphatic heterocycles. The molecule has 0 atom stereocenters. The van der Waals surface area contributed by atoms with Crippen LogP contribution in [0.5, 0.6) is 0 Å². The van der Waals surface area contributed by atoms with Gasteiger partial charge in [0.25, 0.3) is 5.91 Å². The highest BCUT2D eigenvalue weighted by molar-refractivity contribution is 9.11. The highest BCUT2D eigenvalue weighted by Crippen LogP contribution is 2.28. The molecule has 0 radical (unpaired) electrons. The molecule has 0 bridgehead atoms. The molecule has 20 heavy (non-hydrogen) atoms. The summed E-state index contributed by atoms with van der Waals surface area (Å²) >= 11 is 4.92. The molecule has 0 saturated heterocycles. The van der Waals surface area contributed by atoms with Crippen molar-refractivity contribution in [3.63, 3.8) is 0 Å². The maximum Gasteiger partial charge on any atom is 0.258 e. The standard InChI is InChI=1S/C14H17BrN2O2S/c1-8-5-10(12(15)20-8)13(18)16-11-6-9(19-17-11)7-14(2,3)4/h5-6H,7H2,1-4H3,(H,16,17,18). The van der Waals surface area contributed by atoms with E-state index in [2.05, 4.69) is 47.2 Å². The number of carbonyl (C=O) groups excluding carboxylic acids is 1. The van der Waals surface area contributed by atoms with Crippen LogP contribution < -0.4 is 5.32 Å². The largest absolute Gasteiger partial charge is 0.359 e. The summed E-state index contributed by atoms with van der Waals surface area (Å²) in [6.45, 7) is 8.33. The number of hydrogen-bond donors (Lipinski definition) is 1. The quantitative estimate of drug-likeness (QED) is 0.870. The Bertz CT molecular complexity index is 625. The minimum absolute atomic E-state index is 0.119. The van der Waals surface area contributed by atoms with Crippen molar-refractivity contribution in [3.05, 3.63) is 32.1 Å². The van der Waals surface area contributed by atoms with E-state index in [0.29, 0.717) is 11.4 Å². The van der Waals surface area contributed by atoms with E-state index >= 15 is 0 Å². The van der Waals surface area contributed by atoms with Crippen LogP contribution in [-0.4, -0.2) is 11.1 Å². The van der Waals surface area contributed by atoms with Crippen LogP contribution in [0.15, 0.2) is 20.4 Å². The number of halogens is 1. The second-order valence-corrected chi connectivity index (χ2v) is 8.49. The minimum atomic E-state index is -0.183. The Morgan fingerprint density at radius 3 is 2.70 bits per heavy atom. The lowest BCUT2D eigenvalue weighted by Gasteiger charge is -2.14. The molecule has 0 spiro atoms. The molecule has 0 saturated carbocycles. The summed E-state index contributed by atoms with van der Waals surface area (Å²) < 4.78 is 6.06. The van der Waals surface area contributed by atoms with Gasteiger partial charge in [-0.25, -0.2) is 0 Å². The highest BCUT2D eigenvalue weighted by atomic mass is 79.9. The van der Waals surface area contributed by atoms with Gasteiger partial charge in [0.15, 0.2) is 5.82 Å². The van der Waals surface area contributed by atoms with E-state index in [1.54, 1.807) is 6.07 Å². The molecule has 2 heterocycles. The predicted octanol–water partition coefficient (Wildman–Crippen LogP) is 4.65. The third-order valence-corrected chi connectivity index (χ3v) is 4.31. The second kappa shape index (κ2) is 5.69. The third-order valence-electron chi connectivity index (χ3n) is 2.56. The van der Waals surface area contributed by atoms with Gasteiger partial charge >= 0.3 is 0 Å². The number of anilines is 1. The zero-order chi connectivity index (χ0) is 14.9. The summed E-state index contributed by atoms with van der Waals surface area (Å²) in [5.41, 5.74) is 0.738. The van der Waals surface area contributed by atoms with Crippen LogP contribution in [-0.2, 0) is 6.42 Å². The second-order valence-electron chi connectivity index (χ2n) is 5.91. The number of aryl methyl sites for hydroxylation is 1. The van der Waals surface area contributed by atoms with Crippen molar-refractivity contribution in [1.82, 2.24) is 5.16 Å². The van der Waals surface area contributed by atoms with Gasteiger partial charge in [-0.1, -0.05) is 25.9 Å². The molecular formula is C14H17BrN2O2S. The average molecular weight is 357 g/mol. The number of amides is 1. The van der Waals surface area contributed by atoms with Gasteiger partial charge < -0.3 is 9.84 Å². The van der Waals surface area contributed by atoms with Gasteiger partial charge in [0.05, 0.1) is 9.35 Å². The number of nitrogens with zero attached hydrogens (tertiary/aromatic N) is 1. The van der Waals surface area contributed by atoms with Crippen LogP contribution in [0.4, 0.5) is 5.82 Å². The average Bonchev–Trinajstić information content (AvgIpc) is 2.83. The van der Waals surface area contributed by atoms with Gasteiger partial charge in [-0.2, -0.15) is 0 Å². The molecule has 4 nitrogen and oxygen atoms in total. The van der Waals surface area contributed by atoms with E-state index in [9.17, 15) is 4.79 Å². The third kappa shape index (κ3) is 3.93. The molecule has 0 fully saturated rings. The maximum atomic E-state index is 12.1. The van der Waals surface area contributed by atoms with E-state index in [4.69, 9.17) is 4.52 Å². The maximum absolute atomic E-state index is 12.1. The molecule has 0 aromatic carbocycles. The molecule has 0 aliphatic carbocycles. The molecule has 108 valence electrons. The smallest absolute Gasteiger partial charge is 0.258 e. The Balaban J connectivity index is 2.07. The number of carbonyl (C=O) groups is 1. The fourth-order valence-electron chi connectivity index (χ4n) is 1.80. The van der Waals surface area contributed by atoms with Crippen LogP contribution in [0.1, 0.15) is 41.8 Å². The van der Waals surface area contributed by atoms with Crippen molar-refractivity contribution in [1.29, 1.82) is 0 Å². The Kier molecular flexibility index (Phi) is 4.34. The fraction of sp³-hybridized carbons (Fsp3) is 0.429. The summed E-state index contributed by atoms with van der Waals surface area (Å²) in [5, 5.41) is 6.63. The number of rotatable bonds is 3. The summed E-state index contributed by atoms with van der Waals surface area (Å²) in [6.07, 6.45) is 0.775. The predicted molar refractivity (Wildman–Crippen MR) is 84.4 cm³/mol. The number of thiophene rings is 1. The van der Waals surface area contributed by atoms with Crippen LogP contribution in [0.3, 0.4) is 0 Å². The summed E-state index contributed by atoms with van der Waals surface area (Å²) in [5.74, 6) is 1.04. The lowest BCUT2D eigenvalue weighted by atomic mass is 9.91. The normalized spacial score (nSPS) is 11.7. The lowest BCUT2D eigenvalue weighted by Crippen LogP contribution is -2.11. The molecule has 0 aliphatic rings. The van der Waals surface area contributed by atoms with Crippen LogP contribution in [0.25, 0.3) is 0 Å². The zero-order valence-electron chi connectivity index (χ0n) is 11.9. The molecule has 1 amide bonds. The lowest BCUT2D eigenvalue weighted by molar-refractivity contribution is 0.102. The van der Waals surface area contributed by atoms with Crippen molar-refractivity contribution in [3.8, 4) is 0 Å². The summed E-state index contributed by atoms with van der Waals surface area (Å²) in [4.78, 5) is 13.2. The molecule has 0 unspecified atom stereocenters. The SMILES string of the molecule is Cc1cc(C(=O)Nc2cc(CC(C)(C)C)on2)c(Br)s1. The first-order chi connectivity index (χ1) is 9.24. The number of hydrogen-bond acceptors (Lipinski definition) is 4. The monoisotopic (exact) mass is 356 g/mol. The van der Waals surface area contributed by atoms with Gasteiger partial charge in [-0.05, 0) is 34.3 Å². The summed E-state index contributed by atoms with van der Waals surface area (Å²) in [7, 11) is 0. The highest BCUT2D eigenvalue weighted by Gasteiger charge is 2.18. The first-order valence-corrected chi connectivity index (χ1v) is 7.88. The first kappa shape index (κ1) is 15.3. The topological polar surface area (TPSA) is 55.1 Å². The van der Waals surface area contributed by atoms with Crippen molar-refractivity contribution >= 4 is 39.0 Å². The Morgan fingerprint density at radius 1 is 1.45 bits per heavy atom. The first-order valence-electron chi connectivity index (χ1n) is 6.27. The van der Waals surface area contributed by atoms with Crippen LogP contribution in [0.2, 0.25) is 0 Å². The molecular weight excluding hydrogens is 340 g/mol. The van der Waals surface area contributed by atoms with E-state index in [-0.39, 0.29) is 11.3 Å². The number of nitrogens with one attached hydrogen (secondary N) is 1. The van der Waals surface area contributed by atoms with Gasteiger partial charge in [0.1, 0.15) is 5.76 Å². The Morgan fingerprint density at radius 2 is 2.15 bits per heavy atom. The van der Waals surface area contributed by atoms with Gasteiger partial charge in [-0.3, -0.25) is 4.79 Å². The van der Waals surface area contributed by atoms with Crippen LogP contribution >= 0.6 is 27.3 Å². The molecule has 1 N–H and O–H groups in total. The van der Waals surface area contributed by atoms with Gasteiger partial charge in [0.2, 0.25) is 0 Å². The van der Waals surface area contributed by atoms with Crippen molar-refractivity contribution in [2.45, 2.75) is 34.1 Å². The molecule has 2 aromatic rings. The van der Waals surface area contributed by atoms with Gasteiger partial charge in [-0.15, -0.1) is 11.3 Å². The van der Waals surface area contributed by atoms with Crippen molar-refractivity contribution in [2.24, 2.45) is 5.41 Å². The Labute approximate surface area is 130 Å². The fourth-order valence-corrected chi connectivity index (χ4v) is 3.58. The van der Waals surface area contributed by atoms with Crippen molar-refractivity contribution < 1.29 is 9.32 Å². The molecule has 2 rings (SSSR count). The molecule has 6 heteroatoms. The zero-order valence-corrected chi connectivity index (χ0v) is 14.3. The number of aromatic nitrogens is 1. The van der Waals surface area contributed by atoms with Crippen molar-refractivity contribution in [2.75, 3.05) is 5.32 Å². The molecule has 2 aromatic heterocycles.